The second-order valence-electron chi connectivity index (χ2n) is 14.1. The van der Waals surface area contributed by atoms with Gasteiger partial charge in [0.05, 0.1) is 31.0 Å². The third-order valence-corrected chi connectivity index (χ3v) is 9.15. The minimum atomic E-state index is -1.51. The van der Waals surface area contributed by atoms with Gasteiger partial charge in [0, 0.05) is 44.5 Å². The summed E-state index contributed by atoms with van der Waals surface area (Å²) in [6.45, 7) is 6.21. The molecule has 3 amide bonds. The molecule has 1 saturated heterocycles. The molecule has 18 nitrogen and oxygen atoms in total. The zero-order valence-electron chi connectivity index (χ0n) is 31.5. The van der Waals surface area contributed by atoms with Crippen molar-refractivity contribution in [1.29, 1.82) is 0 Å². The number of aliphatic hydroxyl groups is 1. The average Bonchev–Trinajstić information content (AvgIpc) is 3.91. The Balaban J connectivity index is 1.32. The number of oxazole rings is 1. The van der Waals surface area contributed by atoms with Gasteiger partial charge in [-0.05, 0) is 31.8 Å². The maximum Gasteiger partial charge on any atom is 0.329 e. The van der Waals surface area contributed by atoms with E-state index in [9.17, 15) is 28.7 Å². The van der Waals surface area contributed by atoms with Gasteiger partial charge in [-0.1, -0.05) is 48.9 Å². The summed E-state index contributed by atoms with van der Waals surface area (Å²) in [5.41, 5.74) is 12.8. The van der Waals surface area contributed by atoms with Crippen molar-refractivity contribution >= 4 is 35.5 Å². The highest BCUT2D eigenvalue weighted by Crippen LogP contribution is 2.27. The standard InChI is InChI=1S/C37H48FN11O7/c1-21(2)34-23(15-32(52)42-11-13-48-19-27(46-47-48)26-18-30(39)45-37(40)44-26)8-9-31(51)41-10-4-6-22(3)14-25(50)16-24(38)17-33-43-28(20-55-33)35(53)49-12-5-7-29(49)36(54)56-34/h4,6,8-9,14,18-21,23-25,29,34,50H,5,7,10-13,15-17H2,1-3H3,(H,41,51)(H,42,52)(H4,39,40,44,45)/b6-4?,9-8+,22-14?/t23-,24+,25+,29+,34+/m0/s1. The number of esters is 1. The second-order valence-corrected chi connectivity index (χ2v) is 14.1. The lowest BCUT2D eigenvalue weighted by molar-refractivity contribution is -0.159. The molecular weight excluding hydrogens is 729 g/mol. The molecule has 3 aromatic rings. The number of cyclic esters (lactones) is 1. The zero-order valence-corrected chi connectivity index (χ0v) is 31.5. The van der Waals surface area contributed by atoms with Crippen LogP contribution in [0, 0.1) is 11.8 Å². The van der Waals surface area contributed by atoms with Crippen molar-refractivity contribution < 1.29 is 37.8 Å². The first-order valence-corrected chi connectivity index (χ1v) is 18.4. The molecule has 7 N–H and O–H groups in total. The first-order chi connectivity index (χ1) is 26.7. The van der Waals surface area contributed by atoms with E-state index in [0.717, 1.165) is 6.26 Å². The molecule has 56 heavy (non-hydrogen) atoms. The molecule has 5 heterocycles. The van der Waals surface area contributed by atoms with Crippen molar-refractivity contribution in [1.82, 2.24) is 45.5 Å². The molecule has 0 aromatic carbocycles. The molecule has 0 aliphatic carbocycles. The topological polar surface area (TPSA) is 260 Å². The van der Waals surface area contributed by atoms with Gasteiger partial charge >= 0.3 is 5.97 Å². The van der Waals surface area contributed by atoms with E-state index in [4.69, 9.17) is 20.6 Å². The number of carbonyl (C=O) groups excluding carboxylic acids is 4. The summed E-state index contributed by atoms with van der Waals surface area (Å²) >= 11 is 0. The van der Waals surface area contributed by atoms with E-state index in [2.05, 4.69) is 35.9 Å². The van der Waals surface area contributed by atoms with Gasteiger partial charge in [0.15, 0.2) is 11.6 Å². The van der Waals surface area contributed by atoms with Gasteiger partial charge in [-0.2, -0.15) is 4.98 Å². The summed E-state index contributed by atoms with van der Waals surface area (Å²) in [5.74, 6) is -2.95. The number of nitrogen functional groups attached to an aromatic ring is 2. The molecule has 0 saturated carbocycles. The van der Waals surface area contributed by atoms with Crippen molar-refractivity contribution in [2.75, 3.05) is 31.1 Å². The van der Waals surface area contributed by atoms with E-state index in [1.165, 1.54) is 33.9 Å². The molecule has 19 heteroatoms. The van der Waals surface area contributed by atoms with Crippen LogP contribution in [0.1, 0.15) is 62.8 Å². The van der Waals surface area contributed by atoms with Crippen LogP contribution in [-0.2, 0) is 32.1 Å². The van der Waals surface area contributed by atoms with Crippen molar-refractivity contribution in [3.05, 3.63) is 66.1 Å². The van der Waals surface area contributed by atoms with E-state index in [-0.39, 0.29) is 80.6 Å². The highest BCUT2D eigenvalue weighted by atomic mass is 19.1. The maximum absolute atomic E-state index is 14.9. The van der Waals surface area contributed by atoms with Crippen LogP contribution < -0.4 is 22.1 Å². The highest BCUT2D eigenvalue weighted by Gasteiger charge is 2.39. The third kappa shape index (κ3) is 11.5. The Morgan fingerprint density at radius 2 is 1.95 bits per heavy atom. The summed E-state index contributed by atoms with van der Waals surface area (Å²) in [6.07, 6.45) is 7.17. The van der Waals surface area contributed by atoms with Gasteiger partial charge in [0.25, 0.3) is 5.91 Å². The molecule has 300 valence electrons. The quantitative estimate of drug-likeness (QED) is 0.214. The minimum absolute atomic E-state index is 0.00631. The number of aromatic nitrogens is 6. The molecule has 1 fully saturated rings. The number of aliphatic hydroxyl groups excluding tert-OH is 1. The van der Waals surface area contributed by atoms with Crippen molar-refractivity contribution in [3.63, 3.8) is 0 Å². The van der Waals surface area contributed by atoms with E-state index in [0.29, 0.717) is 29.8 Å². The van der Waals surface area contributed by atoms with Crippen molar-refractivity contribution in [2.24, 2.45) is 11.8 Å². The molecule has 3 aromatic heterocycles. The Morgan fingerprint density at radius 1 is 1.14 bits per heavy atom. The zero-order chi connectivity index (χ0) is 40.4. The van der Waals surface area contributed by atoms with Crippen LogP contribution in [0.3, 0.4) is 0 Å². The number of fused-ring (bicyclic) bond motifs is 3. The van der Waals surface area contributed by atoms with Gasteiger partial charge in [0.2, 0.25) is 17.8 Å². The number of anilines is 2. The molecule has 2 bridgehead atoms. The van der Waals surface area contributed by atoms with Crippen LogP contribution in [-0.4, -0.2) is 108 Å². The largest absolute Gasteiger partial charge is 0.460 e. The van der Waals surface area contributed by atoms with Gasteiger partial charge in [-0.15, -0.1) is 5.10 Å². The molecule has 0 radical (unpaired) electrons. The molecular formula is C37H48FN11O7. The summed E-state index contributed by atoms with van der Waals surface area (Å²) in [4.78, 5) is 67.0. The van der Waals surface area contributed by atoms with Gasteiger partial charge in [-0.3, -0.25) is 19.1 Å². The Bertz CT molecular complexity index is 1940. The van der Waals surface area contributed by atoms with Crippen molar-refractivity contribution in [2.45, 2.75) is 83.8 Å². The van der Waals surface area contributed by atoms with Crippen LogP contribution in [0.5, 0.6) is 0 Å². The lowest BCUT2D eigenvalue weighted by atomic mass is 9.89. The predicted molar refractivity (Wildman–Crippen MR) is 201 cm³/mol. The van der Waals surface area contributed by atoms with E-state index in [1.807, 2.05) is 13.8 Å². The smallest absolute Gasteiger partial charge is 0.329 e. The Morgan fingerprint density at radius 3 is 2.71 bits per heavy atom. The number of hydrogen-bond donors (Lipinski definition) is 5. The average molecular weight is 778 g/mol. The molecule has 2 aliphatic rings. The first-order valence-electron chi connectivity index (χ1n) is 18.4. The normalized spacial score (nSPS) is 23.6. The lowest BCUT2D eigenvalue weighted by Crippen LogP contribution is -2.44. The number of allylic oxidation sites excluding steroid dienone is 2. The number of halogens is 1. The number of nitrogens with two attached hydrogens (primary N) is 2. The number of ether oxygens (including phenoxy) is 1. The van der Waals surface area contributed by atoms with E-state index in [1.54, 1.807) is 25.3 Å². The summed E-state index contributed by atoms with van der Waals surface area (Å²) in [6, 6.07) is 0.569. The van der Waals surface area contributed by atoms with Crippen LogP contribution >= 0.6 is 0 Å². The summed E-state index contributed by atoms with van der Waals surface area (Å²) in [7, 11) is 0. The van der Waals surface area contributed by atoms with Crippen molar-refractivity contribution in [3.8, 4) is 11.4 Å². The summed E-state index contributed by atoms with van der Waals surface area (Å²) < 4.78 is 27.8. The van der Waals surface area contributed by atoms with Crippen LogP contribution in [0.4, 0.5) is 16.2 Å². The highest BCUT2D eigenvalue weighted by molar-refractivity contribution is 5.95. The van der Waals surface area contributed by atoms with Crippen LogP contribution in [0.2, 0.25) is 0 Å². The van der Waals surface area contributed by atoms with Gasteiger partial charge in [-0.25, -0.2) is 19.2 Å². The maximum atomic E-state index is 14.9. The number of amides is 3. The Labute approximate surface area is 322 Å². The number of nitrogens with one attached hydrogen (secondary N) is 2. The number of hydrogen-bond acceptors (Lipinski definition) is 14. The SMILES string of the molecule is CC1=C[C@@H](O)C[C@@H](F)Cc2nc(co2)C(=O)N2CCC[C@@H]2C(=O)O[C@H](C(C)C)[C@H](CC(=O)NCCn2cc(-c3cc(N)nc(N)n3)nn2)/C=C/C(=O)NCC=C1. The first kappa shape index (κ1) is 41.2. The Hall–Kier alpha value is -5.98. The van der Waals surface area contributed by atoms with Gasteiger partial charge in [0.1, 0.15) is 36.1 Å². The van der Waals surface area contributed by atoms with Gasteiger partial charge < -0.3 is 41.3 Å². The minimum Gasteiger partial charge on any atom is -0.460 e. The summed E-state index contributed by atoms with van der Waals surface area (Å²) in [5, 5.41) is 24.1. The third-order valence-electron chi connectivity index (χ3n) is 9.15. The molecule has 2 aliphatic heterocycles. The Kier molecular flexibility index (Phi) is 14.0. The number of carbonyl (C=O) groups is 4. The fourth-order valence-corrected chi connectivity index (χ4v) is 6.50. The van der Waals surface area contributed by atoms with E-state index >= 15 is 0 Å². The van der Waals surface area contributed by atoms with E-state index < -0.39 is 48.1 Å². The number of alkyl halides is 1. The lowest BCUT2D eigenvalue weighted by Gasteiger charge is -2.30. The second kappa shape index (κ2) is 19.1. The predicted octanol–water partition coefficient (Wildman–Crippen LogP) is 1.70. The van der Waals surface area contributed by atoms with Crippen LogP contribution in [0.15, 0.2) is 58.9 Å². The fraction of sp³-hybridized carbons (Fsp3) is 0.486. The number of nitrogens with zero attached hydrogens (tertiary/aromatic N) is 7. The molecule has 0 spiro atoms. The molecule has 5 atom stereocenters. The fourth-order valence-electron chi connectivity index (χ4n) is 6.50. The molecule has 0 unspecified atom stereocenters. The molecule has 5 rings (SSSR count). The number of rotatable bonds is 7. The van der Waals surface area contributed by atoms with Crippen LogP contribution in [0.25, 0.3) is 11.4 Å². The monoisotopic (exact) mass is 777 g/mol.